The Balaban J connectivity index is 1.90. The van der Waals surface area contributed by atoms with Crippen LogP contribution in [0.2, 0.25) is 5.02 Å². The lowest BCUT2D eigenvalue weighted by atomic mass is 9.94. The van der Waals surface area contributed by atoms with Crippen LogP contribution in [0.1, 0.15) is 34.9 Å². The predicted octanol–water partition coefficient (Wildman–Crippen LogP) is 5.96. The van der Waals surface area contributed by atoms with Gasteiger partial charge in [-0.3, -0.25) is 0 Å². The van der Waals surface area contributed by atoms with E-state index in [0.29, 0.717) is 6.04 Å². The smallest absolute Gasteiger partial charge is 0.0705 e. The van der Waals surface area contributed by atoms with E-state index in [2.05, 4.69) is 40.3 Å². The molecule has 0 spiro atoms. The topological polar surface area (TPSA) is 12.0 Å². The molecule has 0 radical (unpaired) electrons. The minimum Gasteiger partial charge on any atom is -0.377 e. The molecule has 0 saturated heterocycles. The van der Waals surface area contributed by atoms with Crippen molar-refractivity contribution in [2.24, 2.45) is 0 Å². The molecule has 4 heteroatoms. The quantitative estimate of drug-likeness (QED) is 0.699. The number of thiophene rings is 1. The summed E-state index contributed by atoms with van der Waals surface area (Å²) in [6.45, 7) is 2.09. The van der Waals surface area contributed by atoms with Crippen LogP contribution in [0, 0.1) is 6.92 Å². The minimum absolute atomic E-state index is 0.380. The van der Waals surface area contributed by atoms with Crippen LogP contribution < -0.4 is 5.32 Å². The van der Waals surface area contributed by atoms with E-state index in [0.717, 1.165) is 10.7 Å². The van der Waals surface area contributed by atoms with Crippen LogP contribution in [-0.2, 0) is 6.42 Å². The highest BCUT2D eigenvalue weighted by molar-refractivity contribution is 9.11. The standard InChI is InChI=1S/C15H15BrClNS/c1-9-5-6-11(17)13(7-9)18-12-3-2-4-14-10(12)8-15(16)19-14/h5-8,12,18H,2-4H2,1H3. The van der Waals surface area contributed by atoms with Crippen molar-refractivity contribution in [1.82, 2.24) is 0 Å². The summed E-state index contributed by atoms with van der Waals surface area (Å²) in [6.07, 6.45) is 3.60. The van der Waals surface area contributed by atoms with Gasteiger partial charge in [-0.05, 0) is 71.4 Å². The molecule has 1 unspecified atom stereocenters. The summed E-state index contributed by atoms with van der Waals surface area (Å²) in [6, 6.07) is 8.76. The second kappa shape index (κ2) is 5.47. The average molecular weight is 357 g/mol. The highest BCUT2D eigenvalue weighted by atomic mass is 79.9. The maximum atomic E-state index is 6.28. The first kappa shape index (κ1) is 13.5. The Bertz CT molecular complexity index is 608. The zero-order valence-corrected chi connectivity index (χ0v) is 13.8. The zero-order chi connectivity index (χ0) is 13.4. The van der Waals surface area contributed by atoms with E-state index in [-0.39, 0.29) is 0 Å². The Labute approximate surface area is 131 Å². The normalized spacial score (nSPS) is 18.2. The first-order valence-electron chi connectivity index (χ1n) is 6.44. The van der Waals surface area contributed by atoms with E-state index in [1.807, 2.05) is 23.5 Å². The Kier molecular flexibility index (Phi) is 3.88. The van der Waals surface area contributed by atoms with E-state index in [9.17, 15) is 0 Å². The van der Waals surface area contributed by atoms with Gasteiger partial charge in [0.05, 0.1) is 20.5 Å². The van der Waals surface area contributed by atoms with Gasteiger partial charge in [-0.1, -0.05) is 17.7 Å². The lowest BCUT2D eigenvalue weighted by Crippen LogP contribution is -2.15. The third-order valence-electron chi connectivity index (χ3n) is 3.54. The zero-order valence-electron chi connectivity index (χ0n) is 10.7. The van der Waals surface area contributed by atoms with Gasteiger partial charge in [-0.25, -0.2) is 0 Å². The Hall–Kier alpha value is -0.510. The van der Waals surface area contributed by atoms with Crippen molar-refractivity contribution in [3.63, 3.8) is 0 Å². The number of aryl methyl sites for hydroxylation is 2. The van der Waals surface area contributed by atoms with E-state index in [1.54, 1.807) is 0 Å². The summed E-state index contributed by atoms with van der Waals surface area (Å²) in [5.41, 5.74) is 3.71. The van der Waals surface area contributed by atoms with Crippen LogP contribution in [0.15, 0.2) is 28.1 Å². The number of rotatable bonds is 2. The van der Waals surface area contributed by atoms with Crippen LogP contribution in [0.5, 0.6) is 0 Å². The summed E-state index contributed by atoms with van der Waals surface area (Å²) < 4.78 is 1.22. The molecule has 1 heterocycles. The van der Waals surface area contributed by atoms with Gasteiger partial charge in [0, 0.05) is 4.88 Å². The lowest BCUT2D eigenvalue weighted by Gasteiger charge is -2.25. The molecule has 2 aromatic rings. The summed E-state index contributed by atoms with van der Waals surface area (Å²) in [7, 11) is 0. The van der Waals surface area contributed by atoms with Gasteiger partial charge < -0.3 is 5.32 Å². The molecule has 1 aromatic heterocycles. The van der Waals surface area contributed by atoms with Crippen molar-refractivity contribution in [3.8, 4) is 0 Å². The van der Waals surface area contributed by atoms with Gasteiger partial charge in [-0.15, -0.1) is 11.3 Å². The molecule has 0 amide bonds. The third kappa shape index (κ3) is 2.83. The summed E-state index contributed by atoms with van der Waals surface area (Å²) in [5, 5.41) is 4.41. The molecule has 1 aliphatic rings. The van der Waals surface area contributed by atoms with Crippen molar-refractivity contribution in [3.05, 3.63) is 49.1 Å². The van der Waals surface area contributed by atoms with Crippen LogP contribution in [0.4, 0.5) is 5.69 Å². The molecule has 100 valence electrons. The molecule has 0 aliphatic heterocycles. The Morgan fingerprint density at radius 1 is 1.37 bits per heavy atom. The molecular formula is C15H15BrClNS. The number of nitrogens with one attached hydrogen (secondary N) is 1. The van der Waals surface area contributed by atoms with Crippen LogP contribution >= 0.6 is 38.9 Å². The first-order valence-corrected chi connectivity index (χ1v) is 8.43. The summed E-state index contributed by atoms with van der Waals surface area (Å²) in [4.78, 5) is 1.50. The van der Waals surface area contributed by atoms with Crippen LogP contribution in [-0.4, -0.2) is 0 Å². The van der Waals surface area contributed by atoms with Gasteiger partial charge in [0.25, 0.3) is 0 Å². The van der Waals surface area contributed by atoms with Crippen molar-refractivity contribution in [2.75, 3.05) is 5.32 Å². The summed E-state index contributed by atoms with van der Waals surface area (Å²) >= 11 is 11.7. The minimum atomic E-state index is 0.380. The summed E-state index contributed by atoms with van der Waals surface area (Å²) in [5.74, 6) is 0. The van der Waals surface area contributed by atoms with E-state index in [1.165, 1.54) is 39.1 Å². The number of fused-ring (bicyclic) bond motifs is 1. The molecule has 1 nitrogen and oxygen atoms in total. The van der Waals surface area contributed by atoms with Crippen molar-refractivity contribution in [2.45, 2.75) is 32.2 Å². The molecule has 19 heavy (non-hydrogen) atoms. The van der Waals surface area contributed by atoms with Crippen LogP contribution in [0.25, 0.3) is 0 Å². The van der Waals surface area contributed by atoms with Crippen LogP contribution in [0.3, 0.4) is 0 Å². The molecule has 0 saturated carbocycles. The molecule has 0 bridgehead atoms. The number of hydrogen-bond donors (Lipinski definition) is 1. The van der Waals surface area contributed by atoms with Crippen molar-refractivity contribution >= 4 is 44.6 Å². The first-order chi connectivity index (χ1) is 9.13. The third-order valence-corrected chi connectivity index (χ3v) is 5.58. The number of halogens is 2. The second-order valence-corrected chi connectivity index (χ2v) is 7.92. The van der Waals surface area contributed by atoms with Crippen molar-refractivity contribution < 1.29 is 0 Å². The van der Waals surface area contributed by atoms with Crippen molar-refractivity contribution in [1.29, 1.82) is 0 Å². The maximum Gasteiger partial charge on any atom is 0.0705 e. The molecular weight excluding hydrogens is 342 g/mol. The van der Waals surface area contributed by atoms with Gasteiger partial charge in [0.15, 0.2) is 0 Å². The highest BCUT2D eigenvalue weighted by Gasteiger charge is 2.23. The fraction of sp³-hybridized carbons (Fsp3) is 0.333. The van der Waals surface area contributed by atoms with Gasteiger partial charge in [-0.2, -0.15) is 0 Å². The van der Waals surface area contributed by atoms with Gasteiger partial charge in [0.1, 0.15) is 0 Å². The number of anilines is 1. The fourth-order valence-electron chi connectivity index (χ4n) is 2.61. The van der Waals surface area contributed by atoms with Gasteiger partial charge in [0.2, 0.25) is 0 Å². The maximum absolute atomic E-state index is 6.28. The largest absolute Gasteiger partial charge is 0.377 e. The molecule has 1 aromatic carbocycles. The SMILES string of the molecule is Cc1ccc(Cl)c(NC2CCCc3sc(Br)cc32)c1. The van der Waals surface area contributed by atoms with E-state index >= 15 is 0 Å². The van der Waals surface area contributed by atoms with Gasteiger partial charge >= 0.3 is 0 Å². The predicted molar refractivity (Wildman–Crippen MR) is 87.5 cm³/mol. The molecule has 0 fully saturated rings. The number of hydrogen-bond acceptors (Lipinski definition) is 2. The number of benzene rings is 1. The lowest BCUT2D eigenvalue weighted by molar-refractivity contribution is 0.609. The molecule has 3 rings (SSSR count). The highest BCUT2D eigenvalue weighted by Crippen LogP contribution is 2.40. The molecule has 1 atom stereocenters. The average Bonchev–Trinajstić information content (AvgIpc) is 2.75. The second-order valence-electron chi connectivity index (χ2n) is 5.00. The van der Waals surface area contributed by atoms with E-state index in [4.69, 9.17) is 11.6 Å². The van der Waals surface area contributed by atoms with E-state index < -0.39 is 0 Å². The fourth-order valence-corrected chi connectivity index (χ4v) is 4.60. The molecule has 1 aliphatic carbocycles. The monoisotopic (exact) mass is 355 g/mol. The molecule has 1 N–H and O–H groups in total. The Morgan fingerprint density at radius 3 is 3.05 bits per heavy atom. The Morgan fingerprint density at radius 2 is 2.21 bits per heavy atom.